The SMILES string of the molecule is Cl.Cl.O=C(CN1CCNCC1)OCc1ccccc1. The monoisotopic (exact) mass is 306 g/mol. The van der Waals surface area contributed by atoms with Crippen molar-refractivity contribution in [2.45, 2.75) is 6.61 Å². The third kappa shape index (κ3) is 6.78. The molecule has 1 aliphatic heterocycles. The van der Waals surface area contributed by atoms with E-state index in [-0.39, 0.29) is 30.8 Å². The molecule has 0 amide bonds. The summed E-state index contributed by atoms with van der Waals surface area (Å²) in [4.78, 5) is 13.7. The van der Waals surface area contributed by atoms with E-state index in [4.69, 9.17) is 4.74 Å². The van der Waals surface area contributed by atoms with Gasteiger partial charge in [-0.25, -0.2) is 0 Å². The van der Waals surface area contributed by atoms with Crippen LogP contribution in [0, 0.1) is 0 Å². The molecular formula is C13H20Cl2N2O2. The molecule has 6 heteroatoms. The zero-order chi connectivity index (χ0) is 11.9. The number of ether oxygens (including phenoxy) is 1. The number of halogens is 2. The van der Waals surface area contributed by atoms with E-state index in [1.807, 2.05) is 30.3 Å². The number of nitrogens with zero attached hydrogens (tertiary/aromatic N) is 1. The fourth-order valence-corrected chi connectivity index (χ4v) is 1.84. The lowest BCUT2D eigenvalue weighted by Crippen LogP contribution is -2.45. The van der Waals surface area contributed by atoms with Crippen LogP contribution in [0.15, 0.2) is 30.3 Å². The van der Waals surface area contributed by atoms with Gasteiger partial charge in [0.2, 0.25) is 0 Å². The predicted molar refractivity (Wildman–Crippen MR) is 80.0 cm³/mol. The molecule has 1 fully saturated rings. The summed E-state index contributed by atoms with van der Waals surface area (Å²) in [6, 6.07) is 9.75. The van der Waals surface area contributed by atoms with Crippen LogP contribution in [0.2, 0.25) is 0 Å². The quantitative estimate of drug-likeness (QED) is 0.856. The van der Waals surface area contributed by atoms with Crippen LogP contribution in [0.25, 0.3) is 0 Å². The maximum Gasteiger partial charge on any atom is 0.320 e. The molecule has 108 valence electrons. The Morgan fingerprint density at radius 2 is 1.79 bits per heavy atom. The molecule has 0 aliphatic carbocycles. The van der Waals surface area contributed by atoms with E-state index in [9.17, 15) is 4.79 Å². The van der Waals surface area contributed by atoms with Crippen LogP contribution in [0.3, 0.4) is 0 Å². The van der Waals surface area contributed by atoms with Crippen molar-refractivity contribution < 1.29 is 9.53 Å². The van der Waals surface area contributed by atoms with Crippen molar-refractivity contribution >= 4 is 30.8 Å². The van der Waals surface area contributed by atoms with Gasteiger partial charge in [-0.15, -0.1) is 24.8 Å². The number of piperazine rings is 1. The highest BCUT2D eigenvalue weighted by molar-refractivity contribution is 5.85. The third-order valence-electron chi connectivity index (χ3n) is 2.80. The lowest BCUT2D eigenvalue weighted by Gasteiger charge is -2.25. The highest BCUT2D eigenvalue weighted by Crippen LogP contribution is 2.01. The summed E-state index contributed by atoms with van der Waals surface area (Å²) in [7, 11) is 0. The van der Waals surface area contributed by atoms with Crippen LogP contribution in [0.5, 0.6) is 0 Å². The molecule has 2 rings (SSSR count). The number of nitrogens with one attached hydrogen (secondary N) is 1. The van der Waals surface area contributed by atoms with Gasteiger partial charge in [0.25, 0.3) is 0 Å². The van der Waals surface area contributed by atoms with Crippen molar-refractivity contribution in [2.75, 3.05) is 32.7 Å². The first-order chi connectivity index (χ1) is 8.34. The second-order valence-corrected chi connectivity index (χ2v) is 4.17. The molecule has 1 aliphatic rings. The van der Waals surface area contributed by atoms with E-state index >= 15 is 0 Å². The van der Waals surface area contributed by atoms with Gasteiger partial charge in [0, 0.05) is 26.2 Å². The maximum absolute atomic E-state index is 11.6. The first-order valence-corrected chi connectivity index (χ1v) is 5.97. The Labute approximate surface area is 126 Å². The topological polar surface area (TPSA) is 41.6 Å². The number of hydrogen-bond donors (Lipinski definition) is 1. The van der Waals surface area contributed by atoms with E-state index in [1.165, 1.54) is 0 Å². The number of carbonyl (C=O) groups is 1. The Kier molecular flexibility index (Phi) is 9.61. The fourth-order valence-electron chi connectivity index (χ4n) is 1.84. The molecule has 4 nitrogen and oxygen atoms in total. The minimum absolute atomic E-state index is 0. The van der Waals surface area contributed by atoms with Crippen LogP contribution in [-0.4, -0.2) is 43.6 Å². The fraction of sp³-hybridized carbons (Fsp3) is 0.462. The Morgan fingerprint density at radius 3 is 2.42 bits per heavy atom. The van der Waals surface area contributed by atoms with Gasteiger partial charge in [-0.3, -0.25) is 9.69 Å². The van der Waals surface area contributed by atoms with Crippen LogP contribution in [0.4, 0.5) is 0 Å². The molecule has 19 heavy (non-hydrogen) atoms. The van der Waals surface area contributed by atoms with E-state index in [1.54, 1.807) is 0 Å². The molecule has 1 aromatic rings. The summed E-state index contributed by atoms with van der Waals surface area (Å²) in [5.74, 6) is -0.143. The molecule has 0 spiro atoms. The van der Waals surface area contributed by atoms with Crippen molar-refractivity contribution in [3.63, 3.8) is 0 Å². The molecule has 0 unspecified atom stereocenters. The minimum Gasteiger partial charge on any atom is -0.460 e. The van der Waals surface area contributed by atoms with Crippen LogP contribution < -0.4 is 5.32 Å². The lowest BCUT2D eigenvalue weighted by molar-refractivity contribution is -0.146. The van der Waals surface area contributed by atoms with Crippen LogP contribution in [-0.2, 0) is 16.1 Å². The Balaban J connectivity index is 0.00000162. The van der Waals surface area contributed by atoms with E-state index < -0.39 is 0 Å². The summed E-state index contributed by atoms with van der Waals surface area (Å²) in [6.45, 7) is 4.50. The molecule has 1 saturated heterocycles. The third-order valence-corrected chi connectivity index (χ3v) is 2.80. The number of esters is 1. The largest absolute Gasteiger partial charge is 0.460 e. The highest BCUT2D eigenvalue weighted by Gasteiger charge is 2.14. The molecule has 0 radical (unpaired) electrons. The van der Waals surface area contributed by atoms with Crippen LogP contribution in [0.1, 0.15) is 5.56 Å². The number of hydrogen-bond acceptors (Lipinski definition) is 4. The van der Waals surface area contributed by atoms with E-state index in [2.05, 4.69) is 10.2 Å². The van der Waals surface area contributed by atoms with Crippen molar-refractivity contribution in [3.8, 4) is 0 Å². The van der Waals surface area contributed by atoms with Gasteiger partial charge in [-0.05, 0) is 5.56 Å². The Morgan fingerprint density at radius 1 is 1.16 bits per heavy atom. The van der Waals surface area contributed by atoms with Gasteiger partial charge in [0.05, 0.1) is 6.54 Å². The van der Waals surface area contributed by atoms with Crippen molar-refractivity contribution in [1.82, 2.24) is 10.2 Å². The molecule has 0 bridgehead atoms. The standard InChI is InChI=1S/C13H18N2O2.2ClH/c16-13(10-15-8-6-14-7-9-15)17-11-12-4-2-1-3-5-12;;/h1-5,14H,6-11H2;2*1H. The molecule has 0 saturated carbocycles. The van der Waals surface area contributed by atoms with Gasteiger partial charge in [-0.1, -0.05) is 30.3 Å². The van der Waals surface area contributed by atoms with Gasteiger partial charge in [0.15, 0.2) is 0 Å². The zero-order valence-corrected chi connectivity index (χ0v) is 12.3. The Bertz CT molecular complexity index is 357. The van der Waals surface area contributed by atoms with Gasteiger partial charge in [-0.2, -0.15) is 0 Å². The van der Waals surface area contributed by atoms with Crippen molar-refractivity contribution in [2.24, 2.45) is 0 Å². The number of carbonyl (C=O) groups excluding carboxylic acids is 1. The van der Waals surface area contributed by atoms with Gasteiger partial charge in [0.1, 0.15) is 6.61 Å². The second kappa shape index (κ2) is 10.0. The Hall–Kier alpha value is -0.810. The highest BCUT2D eigenvalue weighted by atomic mass is 35.5. The molecule has 1 heterocycles. The number of benzene rings is 1. The molecule has 1 N–H and O–H groups in total. The van der Waals surface area contributed by atoms with Crippen molar-refractivity contribution in [3.05, 3.63) is 35.9 Å². The minimum atomic E-state index is -0.143. The summed E-state index contributed by atoms with van der Waals surface area (Å²) < 4.78 is 5.23. The summed E-state index contributed by atoms with van der Waals surface area (Å²) in [5, 5.41) is 3.25. The average molecular weight is 307 g/mol. The van der Waals surface area contributed by atoms with E-state index in [0.717, 1.165) is 31.7 Å². The first kappa shape index (κ1) is 18.2. The maximum atomic E-state index is 11.6. The number of rotatable bonds is 4. The summed E-state index contributed by atoms with van der Waals surface area (Å²) in [5.41, 5.74) is 1.03. The molecule has 0 aromatic heterocycles. The van der Waals surface area contributed by atoms with Gasteiger partial charge < -0.3 is 10.1 Å². The normalized spacial score (nSPS) is 14.9. The van der Waals surface area contributed by atoms with Gasteiger partial charge >= 0.3 is 5.97 Å². The zero-order valence-electron chi connectivity index (χ0n) is 10.7. The second-order valence-electron chi connectivity index (χ2n) is 4.17. The summed E-state index contributed by atoms with van der Waals surface area (Å²) >= 11 is 0. The summed E-state index contributed by atoms with van der Waals surface area (Å²) in [6.07, 6.45) is 0. The molecular weight excluding hydrogens is 287 g/mol. The first-order valence-electron chi connectivity index (χ1n) is 5.97. The van der Waals surface area contributed by atoms with Crippen LogP contribution >= 0.6 is 24.8 Å². The lowest BCUT2D eigenvalue weighted by atomic mass is 10.2. The smallest absolute Gasteiger partial charge is 0.320 e. The predicted octanol–water partition coefficient (Wildman–Crippen LogP) is 1.48. The van der Waals surface area contributed by atoms with E-state index in [0.29, 0.717) is 13.2 Å². The molecule has 1 aromatic carbocycles. The molecule has 0 atom stereocenters. The van der Waals surface area contributed by atoms with Crippen molar-refractivity contribution in [1.29, 1.82) is 0 Å². The average Bonchev–Trinajstić information content (AvgIpc) is 2.39.